The number of rotatable bonds is 5. The molecule has 0 amide bonds. The molecule has 2 heterocycles. The van der Waals surface area contributed by atoms with Gasteiger partial charge in [0.1, 0.15) is 24.9 Å². The smallest absolute Gasteiger partial charge is 0.320 e. The standard InChI is InChI=1S/C8H10O3.C5H9NO2.C4H6O2/c9-4-5-1-6-3-8(10)11-7(6)2-5;7-5(8)4-2-1-3-6-4;5-3-1-2-4-6/h1,4,6-8,10H,2-3H2;4,6H,1-3H2,(H,7,8);3-4H,1-2H2/t6-,7-,8?;4-;/m00./s1. The number of fused-ring (bicyclic) bond motifs is 1. The van der Waals surface area contributed by atoms with Gasteiger partial charge in [0.15, 0.2) is 6.29 Å². The number of aliphatic hydroxyl groups excluding tert-OH is 1. The van der Waals surface area contributed by atoms with Crippen molar-refractivity contribution in [2.24, 2.45) is 5.92 Å². The largest absolute Gasteiger partial charge is 0.480 e. The van der Waals surface area contributed by atoms with Crippen LogP contribution >= 0.6 is 0 Å². The highest BCUT2D eigenvalue weighted by Crippen LogP contribution is 2.36. The van der Waals surface area contributed by atoms with Crippen LogP contribution < -0.4 is 5.32 Å². The van der Waals surface area contributed by atoms with Crippen LogP contribution in [-0.2, 0) is 23.9 Å². The molecule has 3 N–H and O–H groups in total. The lowest BCUT2D eigenvalue weighted by molar-refractivity contribution is -0.139. The first kappa shape index (κ1) is 21.1. The molecule has 0 spiro atoms. The number of hydrogen-bond acceptors (Lipinski definition) is 7. The first-order valence-corrected chi connectivity index (χ1v) is 8.34. The average Bonchev–Trinajstić information content (AvgIpc) is 3.29. The maximum Gasteiger partial charge on any atom is 0.320 e. The Morgan fingerprint density at radius 3 is 2.36 bits per heavy atom. The Hall–Kier alpha value is -1.90. The first-order chi connectivity index (χ1) is 12.0. The van der Waals surface area contributed by atoms with Crippen LogP contribution in [0.1, 0.15) is 38.5 Å². The third kappa shape index (κ3) is 7.68. The summed E-state index contributed by atoms with van der Waals surface area (Å²) in [5.74, 6) is -0.451. The van der Waals surface area contributed by atoms with Gasteiger partial charge >= 0.3 is 5.97 Å². The summed E-state index contributed by atoms with van der Waals surface area (Å²) >= 11 is 0. The van der Waals surface area contributed by atoms with Crippen molar-refractivity contribution in [3.05, 3.63) is 11.6 Å². The van der Waals surface area contributed by atoms with E-state index in [9.17, 15) is 19.2 Å². The third-order valence-electron chi connectivity index (χ3n) is 4.06. The van der Waals surface area contributed by atoms with Gasteiger partial charge in [0.2, 0.25) is 0 Å². The SMILES string of the molecule is O=C(O)[C@@H]1CCCN1.O=CC1=C[C@H]2CC(O)O[C@H]2C1.O=CCCC=O. The molecule has 140 valence electrons. The van der Waals surface area contributed by atoms with Crippen molar-refractivity contribution < 1.29 is 34.1 Å². The van der Waals surface area contributed by atoms with Crippen LogP contribution in [0.5, 0.6) is 0 Å². The monoisotopic (exact) mass is 355 g/mol. The van der Waals surface area contributed by atoms with Crippen molar-refractivity contribution in [1.29, 1.82) is 0 Å². The zero-order chi connectivity index (χ0) is 18.7. The van der Waals surface area contributed by atoms with Gasteiger partial charge in [-0.1, -0.05) is 6.08 Å². The summed E-state index contributed by atoms with van der Waals surface area (Å²) < 4.78 is 5.16. The Morgan fingerprint density at radius 1 is 1.28 bits per heavy atom. The number of carboxylic acid groups (broad SMARTS) is 1. The average molecular weight is 355 g/mol. The molecule has 0 aromatic carbocycles. The van der Waals surface area contributed by atoms with Gasteiger partial charge in [-0.25, -0.2) is 0 Å². The van der Waals surface area contributed by atoms with E-state index >= 15 is 0 Å². The zero-order valence-electron chi connectivity index (χ0n) is 14.0. The molecule has 0 aromatic rings. The predicted molar refractivity (Wildman–Crippen MR) is 87.8 cm³/mol. The Labute approximate surface area is 146 Å². The molecule has 2 saturated heterocycles. The van der Waals surface area contributed by atoms with Crippen LogP contribution in [0, 0.1) is 5.92 Å². The minimum atomic E-state index is -0.720. The third-order valence-corrected chi connectivity index (χ3v) is 4.06. The van der Waals surface area contributed by atoms with Crippen LogP contribution in [0.4, 0.5) is 0 Å². The number of ether oxygens (including phenoxy) is 1. The molecule has 3 rings (SSSR count). The second-order valence-corrected chi connectivity index (χ2v) is 5.99. The number of aldehydes is 3. The molecule has 25 heavy (non-hydrogen) atoms. The van der Waals surface area contributed by atoms with Crippen molar-refractivity contribution >= 4 is 24.8 Å². The van der Waals surface area contributed by atoms with Crippen LogP contribution in [0.3, 0.4) is 0 Å². The van der Waals surface area contributed by atoms with Gasteiger partial charge in [-0.2, -0.15) is 0 Å². The number of carbonyl (C=O) groups is 4. The molecule has 0 saturated carbocycles. The van der Waals surface area contributed by atoms with Crippen molar-refractivity contribution in [3.8, 4) is 0 Å². The topological polar surface area (TPSA) is 130 Å². The molecule has 8 nitrogen and oxygen atoms in total. The van der Waals surface area contributed by atoms with Crippen LogP contribution in [0.25, 0.3) is 0 Å². The van der Waals surface area contributed by atoms with Gasteiger partial charge in [0.25, 0.3) is 0 Å². The minimum absolute atomic E-state index is 0.0604. The predicted octanol–water partition coefficient (Wildman–Crippen LogP) is 0.226. The fourth-order valence-electron chi connectivity index (χ4n) is 2.81. The minimum Gasteiger partial charge on any atom is -0.480 e. The lowest BCUT2D eigenvalue weighted by Crippen LogP contribution is -2.29. The number of carboxylic acids is 1. The van der Waals surface area contributed by atoms with E-state index in [0.717, 1.165) is 43.8 Å². The van der Waals surface area contributed by atoms with Crippen LogP contribution in [-0.4, -0.2) is 60.0 Å². The van der Waals surface area contributed by atoms with E-state index in [1.54, 1.807) is 0 Å². The van der Waals surface area contributed by atoms with Crippen molar-refractivity contribution in [2.45, 2.75) is 57.0 Å². The summed E-state index contributed by atoms with van der Waals surface area (Å²) in [5.41, 5.74) is 0.812. The molecule has 0 bridgehead atoms. The Morgan fingerprint density at radius 2 is 1.96 bits per heavy atom. The van der Waals surface area contributed by atoms with Crippen molar-refractivity contribution in [3.63, 3.8) is 0 Å². The number of nitrogens with one attached hydrogen (secondary N) is 1. The Balaban J connectivity index is 0.000000199. The lowest BCUT2D eigenvalue weighted by atomic mass is 10.1. The second kappa shape index (κ2) is 11.6. The number of aliphatic carboxylic acids is 1. The number of unbranched alkanes of at least 4 members (excludes halogenated alkanes) is 1. The molecule has 3 aliphatic rings. The van der Waals surface area contributed by atoms with E-state index in [-0.39, 0.29) is 18.1 Å². The molecule has 2 aliphatic heterocycles. The molecular formula is C17H25NO7. The quantitative estimate of drug-likeness (QED) is 0.472. The highest BCUT2D eigenvalue weighted by Gasteiger charge is 2.37. The van der Waals surface area contributed by atoms with Gasteiger partial charge < -0.3 is 29.9 Å². The number of hydrogen-bond donors (Lipinski definition) is 3. The Bertz CT molecular complexity index is 477. The van der Waals surface area contributed by atoms with Gasteiger partial charge in [-0.05, 0) is 25.0 Å². The first-order valence-electron chi connectivity index (χ1n) is 8.34. The summed E-state index contributed by atoms with van der Waals surface area (Å²) in [6.07, 6.45) is 7.51. The lowest BCUT2D eigenvalue weighted by Gasteiger charge is -2.06. The molecular weight excluding hydrogens is 330 g/mol. The fraction of sp³-hybridized carbons (Fsp3) is 0.647. The molecule has 2 fully saturated rings. The molecule has 0 aromatic heterocycles. The van der Waals surface area contributed by atoms with E-state index in [1.807, 2.05) is 6.08 Å². The Kier molecular flexibility index (Phi) is 9.83. The second-order valence-electron chi connectivity index (χ2n) is 5.99. The molecule has 1 aliphatic carbocycles. The summed E-state index contributed by atoms with van der Waals surface area (Å²) in [4.78, 5) is 39.3. The van der Waals surface area contributed by atoms with E-state index in [2.05, 4.69) is 5.32 Å². The van der Waals surface area contributed by atoms with E-state index in [1.165, 1.54) is 0 Å². The van der Waals surface area contributed by atoms with Gasteiger partial charge in [-0.3, -0.25) is 9.59 Å². The zero-order valence-corrected chi connectivity index (χ0v) is 14.0. The molecule has 4 atom stereocenters. The maximum absolute atomic E-state index is 10.3. The molecule has 0 radical (unpaired) electrons. The summed E-state index contributed by atoms with van der Waals surface area (Å²) in [5, 5.41) is 20.3. The fourth-order valence-corrected chi connectivity index (χ4v) is 2.81. The van der Waals surface area contributed by atoms with Gasteiger partial charge in [0.05, 0.1) is 6.10 Å². The van der Waals surface area contributed by atoms with E-state index in [4.69, 9.17) is 14.9 Å². The van der Waals surface area contributed by atoms with Crippen LogP contribution in [0.2, 0.25) is 0 Å². The maximum atomic E-state index is 10.3. The van der Waals surface area contributed by atoms with Crippen molar-refractivity contribution in [2.75, 3.05) is 6.54 Å². The normalized spacial score (nSPS) is 29.2. The summed E-state index contributed by atoms with van der Waals surface area (Å²) in [6.45, 7) is 0.858. The van der Waals surface area contributed by atoms with E-state index in [0.29, 0.717) is 25.7 Å². The summed E-state index contributed by atoms with van der Waals surface area (Å²) in [6, 6.07) is -0.269. The van der Waals surface area contributed by atoms with Gasteiger partial charge in [-0.15, -0.1) is 0 Å². The van der Waals surface area contributed by atoms with Crippen molar-refractivity contribution in [1.82, 2.24) is 5.32 Å². The number of carbonyl (C=O) groups excluding carboxylic acids is 3. The molecule has 1 unspecified atom stereocenters. The molecule has 8 heteroatoms. The van der Waals surface area contributed by atoms with Gasteiger partial charge in [0, 0.05) is 31.6 Å². The highest BCUT2D eigenvalue weighted by atomic mass is 16.6. The number of aliphatic hydroxyl groups is 1. The van der Waals surface area contributed by atoms with Crippen LogP contribution in [0.15, 0.2) is 11.6 Å². The van der Waals surface area contributed by atoms with E-state index < -0.39 is 12.3 Å². The highest BCUT2D eigenvalue weighted by molar-refractivity contribution is 5.74. The summed E-state index contributed by atoms with van der Waals surface area (Å²) in [7, 11) is 0.